The van der Waals surface area contributed by atoms with E-state index < -0.39 is 5.41 Å². The molecule has 1 atom stereocenters. The third-order valence-electron chi connectivity index (χ3n) is 10.7. The molecule has 0 N–H and O–H groups in total. The normalized spacial score (nSPS) is 14.9. The van der Waals surface area contributed by atoms with Gasteiger partial charge in [-0.05, 0) is 103 Å². The molecule has 0 saturated heterocycles. The van der Waals surface area contributed by atoms with Crippen LogP contribution in [0.2, 0.25) is 0 Å². The van der Waals surface area contributed by atoms with Crippen molar-refractivity contribution in [3.8, 4) is 44.5 Å². The molecule has 1 heteroatoms. The van der Waals surface area contributed by atoms with E-state index in [0.29, 0.717) is 0 Å². The molecule has 50 heavy (non-hydrogen) atoms. The Labute approximate surface area is 293 Å². The molecule has 0 saturated carbocycles. The molecule has 2 aliphatic carbocycles. The van der Waals surface area contributed by atoms with E-state index in [1.165, 1.54) is 66.8 Å². The van der Waals surface area contributed by atoms with Crippen LogP contribution in [0.5, 0.6) is 0 Å². The topological polar surface area (TPSA) is 3.24 Å². The third-order valence-corrected chi connectivity index (χ3v) is 10.7. The van der Waals surface area contributed by atoms with Crippen molar-refractivity contribution in [2.45, 2.75) is 5.41 Å². The average molecular weight is 636 g/mol. The van der Waals surface area contributed by atoms with Crippen molar-refractivity contribution in [2.24, 2.45) is 0 Å². The van der Waals surface area contributed by atoms with Crippen LogP contribution in [0, 0.1) is 0 Å². The summed E-state index contributed by atoms with van der Waals surface area (Å²) in [4.78, 5) is 2.41. The monoisotopic (exact) mass is 635 g/mol. The van der Waals surface area contributed by atoms with Crippen molar-refractivity contribution in [1.82, 2.24) is 0 Å². The molecule has 0 spiro atoms. The molecule has 234 valence electrons. The fourth-order valence-electron chi connectivity index (χ4n) is 8.54. The van der Waals surface area contributed by atoms with E-state index in [0.717, 1.165) is 17.1 Å². The van der Waals surface area contributed by atoms with E-state index in [9.17, 15) is 0 Å². The highest BCUT2D eigenvalue weighted by atomic mass is 15.1. The molecule has 8 aromatic rings. The Hall–Kier alpha value is -6.44. The molecule has 8 aromatic carbocycles. The van der Waals surface area contributed by atoms with E-state index in [4.69, 9.17) is 0 Å². The van der Waals surface area contributed by atoms with Crippen LogP contribution in [0.15, 0.2) is 200 Å². The van der Waals surface area contributed by atoms with Crippen LogP contribution in [0.3, 0.4) is 0 Å². The van der Waals surface area contributed by atoms with Gasteiger partial charge >= 0.3 is 0 Å². The van der Waals surface area contributed by atoms with Gasteiger partial charge in [0, 0.05) is 17.1 Å². The summed E-state index contributed by atoms with van der Waals surface area (Å²) in [5.74, 6) is 0. The second-order valence-corrected chi connectivity index (χ2v) is 13.3. The summed E-state index contributed by atoms with van der Waals surface area (Å²) in [6.45, 7) is 0. The van der Waals surface area contributed by atoms with E-state index in [-0.39, 0.29) is 0 Å². The summed E-state index contributed by atoms with van der Waals surface area (Å²) < 4.78 is 0. The Bertz CT molecular complexity index is 2420. The molecule has 0 aliphatic heterocycles. The highest BCUT2D eigenvalue weighted by molar-refractivity contribution is 5.99. The maximum absolute atomic E-state index is 2.46. The average Bonchev–Trinajstić information content (AvgIpc) is 3.68. The fourth-order valence-corrected chi connectivity index (χ4v) is 8.54. The lowest BCUT2D eigenvalue weighted by molar-refractivity contribution is 0.792. The van der Waals surface area contributed by atoms with Gasteiger partial charge in [0.15, 0.2) is 0 Å². The molecule has 0 heterocycles. The first kappa shape index (κ1) is 28.6. The van der Waals surface area contributed by atoms with E-state index in [1.54, 1.807) is 0 Å². The van der Waals surface area contributed by atoms with Crippen LogP contribution in [-0.2, 0) is 5.41 Å². The zero-order valence-corrected chi connectivity index (χ0v) is 27.5. The largest absolute Gasteiger partial charge is 0.310 e. The molecule has 0 unspecified atom stereocenters. The molecular formula is C49H33N. The van der Waals surface area contributed by atoms with Crippen molar-refractivity contribution in [3.63, 3.8) is 0 Å². The lowest BCUT2D eigenvalue weighted by atomic mass is 9.70. The number of rotatable bonds is 6. The molecule has 0 aromatic heterocycles. The predicted octanol–water partition coefficient (Wildman–Crippen LogP) is 12.8. The minimum Gasteiger partial charge on any atom is -0.310 e. The van der Waals surface area contributed by atoms with Crippen LogP contribution in [0.25, 0.3) is 44.5 Å². The Morgan fingerprint density at radius 2 is 0.740 bits per heavy atom. The third kappa shape index (κ3) is 4.20. The SMILES string of the molecule is c1ccc(-c2ccc(N(c3ccc(-c4ccccc4)cc3)c3ccc4c(c3)[C@]3(c5ccccc5)c5ccccc5-c5cccc-4c53)cc2)cc1. The summed E-state index contributed by atoms with van der Waals surface area (Å²) in [6, 6.07) is 73.3. The van der Waals surface area contributed by atoms with E-state index in [2.05, 4.69) is 205 Å². The molecule has 10 rings (SSSR count). The van der Waals surface area contributed by atoms with Gasteiger partial charge in [-0.1, -0.05) is 164 Å². The quantitative estimate of drug-likeness (QED) is 0.176. The van der Waals surface area contributed by atoms with Crippen molar-refractivity contribution in [3.05, 3.63) is 222 Å². The molecule has 0 fully saturated rings. The van der Waals surface area contributed by atoms with E-state index in [1.807, 2.05) is 0 Å². The number of nitrogens with zero attached hydrogens (tertiary/aromatic N) is 1. The number of benzene rings is 8. The highest BCUT2D eigenvalue weighted by Gasteiger charge is 2.52. The molecule has 2 aliphatic rings. The Morgan fingerprint density at radius 3 is 1.32 bits per heavy atom. The van der Waals surface area contributed by atoms with Crippen LogP contribution in [0.4, 0.5) is 17.1 Å². The van der Waals surface area contributed by atoms with E-state index >= 15 is 0 Å². The van der Waals surface area contributed by atoms with Crippen molar-refractivity contribution in [1.29, 1.82) is 0 Å². The second-order valence-electron chi connectivity index (χ2n) is 13.3. The Balaban J connectivity index is 1.19. The van der Waals surface area contributed by atoms with Crippen LogP contribution < -0.4 is 4.90 Å². The van der Waals surface area contributed by atoms with Gasteiger partial charge < -0.3 is 4.90 Å². The fraction of sp³-hybridized carbons (Fsp3) is 0.0204. The maximum Gasteiger partial charge on any atom is 0.0726 e. The maximum atomic E-state index is 2.46. The van der Waals surface area contributed by atoms with Gasteiger partial charge in [0.2, 0.25) is 0 Å². The van der Waals surface area contributed by atoms with Crippen molar-refractivity contribution < 1.29 is 0 Å². The minimum atomic E-state index is -0.394. The minimum absolute atomic E-state index is 0.394. The van der Waals surface area contributed by atoms with Crippen molar-refractivity contribution in [2.75, 3.05) is 4.90 Å². The van der Waals surface area contributed by atoms with Gasteiger partial charge in [-0.3, -0.25) is 0 Å². The Morgan fingerprint density at radius 1 is 0.300 bits per heavy atom. The zero-order valence-electron chi connectivity index (χ0n) is 27.5. The molecule has 1 nitrogen and oxygen atoms in total. The van der Waals surface area contributed by atoms with Crippen LogP contribution in [0.1, 0.15) is 22.3 Å². The van der Waals surface area contributed by atoms with Gasteiger partial charge in [-0.2, -0.15) is 0 Å². The molecule has 0 bridgehead atoms. The number of hydrogen-bond donors (Lipinski definition) is 0. The van der Waals surface area contributed by atoms with Gasteiger partial charge in [-0.25, -0.2) is 0 Å². The summed E-state index contributed by atoms with van der Waals surface area (Å²) in [7, 11) is 0. The van der Waals surface area contributed by atoms with Gasteiger partial charge in [0.05, 0.1) is 5.41 Å². The standard InChI is InChI=1S/C49H33N/c1-4-13-34(14-5-1)36-23-27-39(28-24-36)50(40-29-25-37(26-30-40)35-15-6-2-7-16-35)41-31-32-43-45-21-12-20-44-42-19-10-11-22-46(42)49(48(44)45,47(43)33-41)38-17-8-3-9-18-38/h1-33H/t49-/m0/s1. The predicted molar refractivity (Wildman–Crippen MR) is 208 cm³/mol. The van der Waals surface area contributed by atoms with Gasteiger partial charge in [0.1, 0.15) is 0 Å². The summed E-state index contributed by atoms with van der Waals surface area (Å²) in [5.41, 5.74) is 18.5. The van der Waals surface area contributed by atoms with Gasteiger partial charge in [0.25, 0.3) is 0 Å². The van der Waals surface area contributed by atoms with Crippen LogP contribution in [-0.4, -0.2) is 0 Å². The molecular weight excluding hydrogens is 603 g/mol. The molecule has 0 amide bonds. The van der Waals surface area contributed by atoms with Crippen LogP contribution >= 0.6 is 0 Å². The molecule has 0 radical (unpaired) electrons. The highest BCUT2D eigenvalue weighted by Crippen LogP contribution is 2.64. The smallest absolute Gasteiger partial charge is 0.0726 e. The first-order chi connectivity index (χ1) is 24.8. The summed E-state index contributed by atoms with van der Waals surface area (Å²) in [6.07, 6.45) is 0. The summed E-state index contributed by atoms with van der Waals surface area (Å²) >= 11 is 0. The Kier molecular flexibility index (Phi) is 6.47. The first-order valence-corrected chi connectivity index (χ1v) is 17.4. The first-order valence-electron chi connectivity index (χ1n) is 17.4. The second kappa shape index (κ2) is 11.3. The number of hydrogen-bond acceptors (Lipinski definition) is 1. The summed E-state index contributed by atoms with van der Waals surface area (Å²) in [5, 5.41) is 0. The zero-order chi connectivity index (χ0) is 33.1. The van der Waals surface area contributed by atoms with Crippen molar-refractivity contribution >= 4 is 17.1 Å². The number of anilines is 3. The number of fused-ring (bicyclic) bond motifs is 6. The lowest BCUT2D eigenvalue weighted by Gasteiger charge is -2.32. The van der Waals surface area contributed by atoms with Gasteiger partial charge in [-0.15, -0.1) is 0 Å². The lowest BCUT2D eigenvalue weighted by Crippen LogP contribution is -2.26.